The van der Waals surface area contributed by atoms with Gasteiger partial charge >= 0.3 is 0 Å². The first kappa shape index (κ1) is 22.9. The molecule has 2 amide bonds. The average molecular weight is 494 g/mol. The van der Waals surface area contributed by atoms with Gasteiger partial charge in [0.05, 0.1) is 41.8 Å². The van der Waals surface area contributed by atoms with Crippen molar-refractivity contribution in [3.8, 4) is 17.1 Å². The molecular formula is C24H24ClN7O3. The molecule has 1 aromatic carbocycles. The molecule has 0 radical (unpaired) electrons. The van der Waals surface area contributed by atoms with Crippen molar-refractivity contribution < 1.29 is 14.3 Å². The lowest BCUT2D eigenvalue weighted by Crippen LogP contribution is -2.43. The number of ether oxygens (including phenoxy) is 1. The van der Waals surface area contributed by atoms with Crippen LogP contribution < -0.4 is 10.1 Å². The number of aromatic nitrogens is 5. The highest BCUT2D eigenvalue weighted by atomic mass is 35.5. The normalized spacial score (nSPS) is 14.3. The van der Waals surface area contributed by atoms with Crippen molar-refractivity contribution >= 4 is 34.3 Å². The molecule has 5 rings (SSSR count). The number of likely N-dealkylation sites (tertiary alicyclic amines) is 1. The molecule has 1 aliphatic rings. The summed E-state index contributed by atoms with van der Waals surface area (Å²) >= 11 is 6.25. The second-order valence-corrected chi connectivity index (χ2v) is 8.78. The minimum absolute atomic E-state index is 0.0208. The van der Waals surface area contributed by atoms with Gasteiger partial charge in [0.1, 0.15) is 0 Å². The number of piperidine rings is 1. The van der Waals surface area contributed by atoms with E-state index in [2.05, 4.69) is 30.7 Å². The van der Waals surface area contributed by atoms with Crippen LogP contribution in [0.4, 0.5) is 0 Å². The zero-order valence-corrected chi connectivity index (χ0v) is 19.8. The topological polar surface area (TPSA) is 129 Å². The van der Waals surface area contributed by atoms with Gasteiger partial charge in [0.2, 0.25) is 11.8 Å². The van der Waals surface area contributed by atoms with E-state index >= 15 is 0 Å². The fourth-order valence-electron chi connectivity index (χ4n) is 4.28. The molecule has 4 heterocycles. The van der Waals surface area contributed by atoms with Crippen LogP contribution in [0.3, 0.4) is 0 Å². The maximum absolute atomic E-state index is 13.0. The van der Waals surface area contributed by atoms with E-state index in [-0.39, 0.29) is 17.7 Å². The molecular weight excluding hydrogens is 470 g/mol. The standard InChI is InChI=1S/C24H24ClN7O3/c1-35-22-10-16(17(25)12-26-22)19-11-20(30-29-19)24(34)32-8-6-14(7-9-32)23(33)27-13-21-15-4-2-3-5-18(15)28-31-21/h2-5,10-12,14H,6-9,13H2,1H3,(H,27,33)(H,28,31)(H,29,30). The Morgan fingerprint density at radius 2 is 1.97 bits per heavy atom. The Morgan fingerprint density at radius 1 is 1.17 bits per heavy atom. The third-order valence-electron chi connectivity index (χ3n) is 6.26. The van der Waals surface area contributed by atoms with E-state index in [9.17, 15) is 9.59 Å². The van der Waals surface area contributed by atoms with Crippen LogP contribution in [0, 0.1) is 5.92 Å². The van der Waals surface area contributed by atoms with Gasteiger partial charge in [-0.2, -0.15) is 10.2 Å². The molecule has 10 nitrogen and oxygen atoms in total. The zero-order valence-electron chi connectivity index (χ0n) is 19.0. The van der Waals surface area contributed by atoms with Crippen LogP contribution in [0.5, 0.6) is 5.88 Å². The number of hydrogen-bond donors (Lipinski definition) is 3. The van der Waals surface area contributed by atoms with Crippen LogP contribution >= 0.6 is 11.6 Å². The first-order valence-corrected chi connectivity index (χ1v) is 11.7. The summed E-state index contributed by atoms with van der Waals surface area (Å²) in [6, 6.07) is 11.2. The quantitative estimate of drug-likeness (QED) is 0.378. The van der Waals surface area contributed by atoms with Crippen LogP contribution in [0.25, 0.3) is 22.2 Å². The van der Waals surface area contributed by atoms with Gasteiger partial charge in [-0.25, -0.2) is 4.98 Å². The second kappa shape index (κ2) is 9.75. The van der Waals surface area contributed by atoms with Gasteiger partial charge in [0.25, 0.3) is 5.91 Å². The Morgan fingerprint density at radius 3 is 2.77 bits per heavy atom. The highest BCUT2D eigenvalue weighted by molar-refractivity contribution is 6.33. The highest BCUT2D eigenvalue weighted by Gasteiger charge is 2.29. The Balaban J connectivity index is 1.17. The summed E-state index contributed by atoms with van der Waals surface area (Å²) < 4.78 is 5.15. The third-order valence-corrected chi connectivity index (χ3v) is 6.56. The first-order valence-electron chi connectivity index (χ1n) is 11.3. The summed E-state index contributed by atoms with van der Waals surface area (Å²) in [5.74, 6) is 0.0498. The zero-order chi connectivity index (χ0) is 24.4. The van der Waals surface area contributed by atoms with Gasteiger partial charge in [-0.3, -0.25) is 19.8 Å². The Kier molecular flexibility index (Phi) is 6.37. The number of pyridine rings is 1. The van der Waals surface area contributed by atoms with Gasteiger partial charge in [-0.05, 0) is 25.0 Å². The number of carbonyl (C=O) groups excluding carboxylic acids is 2. The molecule has 1 aliphatic heterocycles. The predicted molar refractivity (Wildman–Crippen MR) is 130 cm³/mol. The maximum atomic E-state index is 13.0. The van der Waals surface area contributed by atoms with Gasteiger partial charge < -0.3 is 15.0 Å². The average Bonchev–Trinajstić information content (AvgIpc) is 3.55. The van der Waals surface area contributed by atoms with Crippen LogP contribution in [-0.2, 0) is 11.3 Å². The molecule has 0 spiro atoms. The molecule has 0 unspecified atom stereocenters. The number of benzene rings is 1. The number of carbonyl (C=O) groups is 2. The number of nitrogens with one attached hydrogen (secondary N) is 3. The minimum atomic E-state index is -0.188. The van der Waals surface area contributed by atoms with Crippen LogP contribution in [0.15, 0.2) is 42.6 Å². The SMILES string of the molecule is COc1cc(-c2cc(C(=O)N3CCC(C(=O)NCc4n[nH]c5ccccc45)CC3)n[nH]2)c(Cl)cn1. The van der Waals surface area contributed by atoms with E-state index in [1.165, 1.54) is 13.3 Å². The molecule has 0 atom stereocenters. The van der Waals surface area contributed by atoms with Crippen molar-refractivity contribution in [2.75, 3.05) is 20.2 Å². The number of rotatable bonds is 6. The van der Waals surface area contributed by atoms with Gasteiger partial charge in [-0.15, -0.1) is 0 Å². The minimum Gasteiger partial charge on any atom is -0.481 e. The smallest absolute Gasteiger partial charge is 0.274 e. The Hall–Kier alpha value is -3.92. The molecule has 35 heavy (non-hydrogen) atoms. The number of hydrogen-bond acceptors (Lipinski definition) is 6. The fourth-order valence-corrected chi connectivity index (χ4v) is 4.49. The molecule has 1 saturated heterocycles. The van der Waals surface area contributed by atoms with Crippen molar-refractivity contribution in [1.29, 1.82) is 0 Å². The lowest BCUT2D eigenvalue weighted by Gasteiger charge is -2.30. The monoisotopic (exact) mass is 493 g/mol. The molecule has 3 N–H and O–H groups in total. The van der Waals surface area contributed by atoms with E-state index in [0.717, 1.165) is 16.6 Å². The number of H-pyrrole nitrogens is 2. The molecule has 4 aromatic rings. The third kappa shape index (κ3) is 4.69. The number of amides is 2. The summed E-state index contributed by atoms with van der Waals surface area (Å²) in [6.45, 7) is 1.32. The van der Waals surface area contributed by atoms with Crippen molar-refractivity contribution in [2.45, 2.75) is 19.4 Å². The largest absolute Gasteiger partial charge is 0.481 e. The maximum Gasteiger partial charge on any atom is 0.274 e. The molecule has 180 valence electrons. The summed E-state index contributed by atoms with van der Waals surface area (Å²) in [7, 11) is 1.52. The highest BCUT2D eigenvalue weighted by Crippen LogP contribution is 2.29. The summed E-state index contributed by atoms with van der Waals surface area (Å²) in [5.41, 5.74) is 3.28. The fraction of sp³-hybridized carbons (Fsp3) is 0.292. The van der Waals surface area contributed by atoms with E-state index in [4.69, 9.17) is 16.3 Å². The molecule has 0 aliphatic carbocycles. The Bertz CT molecular complexity index is 1370. The number of halogens is 1. The van der Waals surface area contributed by atoms with Crippen molar-refractivity contribution in [1.82, 2.24) is 35.6 Å². The number of para-hydroxylation sites is 1. The molecule has 0 bridgehead atoms. The Labute approximate surface area is 206 Å². The molecule has 11 heteroatoms. The van der Waals surface area contributed by atoms with Crippen molar-refractivity contribution in [3.63, 3.8) is 0 Å². The van der Waals surface area contributed by atoms with E-state index < -0.39 is 0 Å². The second-order valence-electron chi connectivity index (χ2n) is 8.37. The number of methoxy groups -OCH3 is 1. The molecule has 1 fully saturated rings. The number of aromatic amines is 2. The lowest BCUT2D eigenvalue weighted by atomic mass is 9.95. The van der Waals surface area contributed by atoms with E-state index in [1.807, 2.05) is 24.3 Å². The van der Waals surface area contributed by atoms with Gasteiger partial charge in [0, 0.05) is 36.0 Å². The van der Waals surface area contributed by atoms with E-state index in [0.29, 0.717) is 60.3 Å². The van der Waals surface area contributed by atoms with Gasteiger partial charge in [0.15, 0.2) is 5.69 Å². The van der Waals surface area contributed by atoms with Gasteiger partial charge in [-0.1, -0.05) is 29.8 Å². The predicted octanol–water partition coefficient (Wildman–Crippen LogP) is 3.18. The summed E-state index contributed by atoms with van der Waals surface area (Å²) in [4.78, 5) is 31.5. The summed E-state index contributed by atoms with van der Waals surface area (Å²) in [5, 5.41) is 18.7. The lowest BCUT2D eigenvalue weighted by molar-refractivity contribution is -0.126. The first-order chi connectivity index (χ1) is 17.0. The van der Waals surface area contributed by atoms with Crippen LogP contribution in [0.2, 0.25) is 5.02 Å². The molecule has 0 saturated carbocycles. The number of nitrogens with zero attached hydrogens (tertiary/aromatic N) is 4. The van der Waals surface area contributed by atoms with E-state index in [1.54, 1.807) is 17.0 Å². The summed E-state index contributed by atoms with van der Waals surface area (Å²) in [6.07, 6.45) is 2.66. The number of fused-ring (bicyclic) bond motifs is 1. The van der Waals surface area contributed by atoms with Crippen LogP contribution in [-0.4, -0.2) is 62.3 Å². The molecule has 3 aromatic heterocycles. The van der Waals surface area contributed by atoms with Crippen LogP contribution in [0.1, 0.15) is 29.0 Å². The van der Waals surface area contributed by atoms with Crippen molar-refractivity contribution in [2.24, 2.45) is 5.92 Å². The van der Waals surface area contributed by atoms with Crippen molar-refractivity contribution in [3.05, 3.63) is 59.0 Å².